The summed E-state index contributed by atoms with van der Waals surface area (Å²) in [4.78, 5) is 0. The minimum atomic E-state index is -0.401. The minimum Gasteiger partial charge on any atom is -0.504 e. The van der Waals surface area contributed by atoms with Crippen molar-refractivity contribution >= 4 is 0 Å². The number of hydrogen-bond donors (Lipinski definition) is 2. The molecule has 5 heteroatoms. The fourth-order valence-electron chi connectivity index (χ4n) is 2.87. The van der Waals surface area contributed by atoms with Gasteiger partial charge in [0.2, 0.25) is 0 Å². The van der Waals surface area contributed by atoms with Crippen molar-refractivity contribution in [3.63, 3.8) is 0 Å². The lowest BCUT2D eigenvalue weighted by Gasteiger charge is -2.20. The van der Waals surface area contributed by atoms with E-state index in [0.717, 1.165) is 16.7 Å². The van der Waals surface area contributed by atoms with Crippen LogP contribution in [0.15, 0.2) is 78.9 Å². The Morgan fingerprint density at radius 2 is 1.38 bits per heavy atom. The third kappa shape index (κ3) is 6.91. The van der Waals surface area contributed by atoms with Gasteiger partial charge in [-0.05, 0) is 28.8 Å². The van der Waals surface area contributed by atoms with Gasteiger partial charge in [-0.3, -0.25) is 0 Å². The number of benzene rings is 3. The summed E-state index contributed by atoms with van der Waals surface area (Å²) in [7, 11) is 1.53. The first-order valence-electron chi connectivity index (χ1n) is 9.62. The first-order valence-corrected chi connectivity index (χ1v) is 9.62. The zero-order valence-electron chi connectivity index (χ0n) is 16.6. The molecule has 3 rings (SSSR count). The van der Waals surface area contributed by atoms with Gasteiger partial charge in [-0.15, -0.1) is 0 Å². The Balaban J connectivity index is 1.54. The number of nitrogens with one attached hydrogen (secondary N) is 1. The van der Waals surface area contributed by atoms with Crippen LogP contribution in [-0.2, 0) is 29.2 Å². The Kier molecular flexibility index (Phi) is 8.07. The summed E-state index contributed by atoms with van der Waals surface area (Å²) in [5.41, 5.74) is 3.15. The molecule has 0 aromatic heterocycles. The first kappa shape index (κ1) is 20.9. The van der Waals surface area contributed by atoms with Crippen molar-refractivity contribution in [3.8, 4) is 11.5 Å². The smallest absolute Gasteiger partial charge is 0.170 e. The number of phenolic OH excluding ortho intramolecular Hbond substituents is 1. The highest BCUT2D eigenvalue weighted by Gasteiger charge is 2.11. The van der Waals surface area contributed by atoms with Crippen LogP contribution in [0.2, 0.25) is 0 Å². The molecule has 0 bridgehead atoms. The van der Waals surface area contributed by atoms with Crippen LogP contribution < -0.4 is 10.1 Å². The minimum absolute atomic E-state index is 0.129. The maximum atomic E-state index is 9.92. The summed E-state index contributed by atoms with van der Waals surface area (Å²) in [6.45, 7) is 2.06. The van der Waals surface area contributed by atoms with Crippen LogP contribution in [0, 0.1) is 0 Å². The molecule has 0 atom stereocenters. The molecule has 0 saturated heterocycles. The van der Waals surface area contributed by atoms with Gasteiger partial charge in [0.25, 0.3) is 0 Å². The lowest BCUT2D eigenvalue weighted by atomic mass is 10.2. The second-order valence-corrected chi connectivity index (χ2v) is 6.66. The Morgan fingerprint density at radius 1 is 0.793 bits per heavy atom. The number of methoxy groups -OCH3 is 1. The third-order valence-electron chi connectivity index (χ3n) is 4.44. The molecule has 0 amide bonds. The first-order chi connectivity index (χ1) is 14.2. The fraction of sp³-hybridized carbons (Fsp3) is 0.250. The van der Waals surface area contributed by atoms with Crippen LogP contribution >= 0.6 is 0 Å². The Hall–Kier alpha value is -2.86. The number of ether oxygens (including phenoxy) is 3. The molecule has 5 nitrogen and oxygen atoms in total. The molecule has 2 N–H and O–H groups in total. The third-order valence-corrected chi connectivity index (χ3v) is 4.44. The van der Waals surface area contributed by atoms with Gasteiger partial charge in [-0.25, -0.2) is 0 Å². The molecule has 0 spiro atoms. The van der Waals surface area contributed by atoms with Gasteiger partial charge >= 0.3 is 0 Å². The monoisotopic (exact) mass is 393 g/mol. The lowest BCUT2D eigenvalue weighted by Crippen LogP contribution is -2.31. The van der Waals surface area contributed by atoms with Crippen LogP contribution in [-0.4, -0.2) is 25.1 Å². The molecule has 0 unspecified atom stereocenters. The van der Waals surface area contributed by atoms with Crippen LogP contribution in [0.3, 0.4) is 0 Å². The molecule has 0 saturated carbocycles. The van der Waals surface area contributed by atoms with E-state index >= 15 is 0 Å². The zero-order chi connectivity index (χ0) is 20.3. The molecular weight excluding hydrogens is 366 g/mol. The summed E-state index contributed by atoms with van der Waals surface area (Å²) in [5.74, 6) is 0.591. The van der Waals surface area contributed by atoms with Crippen molar-refractivity contribution in [2.45, 2.75) is 26.0 Å². The molecule has 29 heavy (non-hydrogen) atoms. The van der Waals surface area contributed by atoms with Crippen molar-refractivity contribution in [1.29, 1.82) is 0 Å². The standard InChI is InChI=1S/C24H27NO4/c1-27-23-13-12-21(14-22(23)26)15-25-16-24(28-17-19-8-4-2-5-9-19)29-18-20-10-6-3-7-11-20/h2-14,24-26H,15-18H2,1H3. The number of rotatable bonds is 11. The van der Waals surface area contributed by atoms with Crippen LogP contribution in [0.1, 0.15) is 16.7 Å². The molecular formula is C24H27NO4. The van der Waals surface area contributed by atoms with Gasteiger partial charge in [-0.1, -0.05) is 66.7 Å². The van der Waals surface area contributed by atoms with E-state index in [0.29, 0.717) is 32.1 Å². The molecule has 0 fully saturated rings. The average molecular weight is 393 g/mol. The Bertz CT molecular complexity index is 812. The molecule has 0 aliphatic rings. The Labute approximate surface area is 171 Å². The largest absolute Gasteiger partial charge is 0.504 e. The van der Waals surface area contributed by atoms with Gasteiger partial charge in [0.15, 0.2) is 17.8 Å². The highest BCUT2D eigenvalue weighted by Crippen LogP contribution is 2.26. The molecule has 0 aliphatic heterocycles. The summed E-state index contributed by atoms with van der Waals surface area (Å²) in [6.07, 6.45) is -0.401. The van der Waals surface area contributed by atoms with Gasteiger partial charge in [0, 0.05) is 13.1 Å². The quantitative estimate of drug-likeness (QED) is 0.477. The van der Waals surface area contributed by atoms with E-state index in [-0.39, 0.29) is 5.75 Å². The van der Waals surface area contributed by atoms with E-state index in [4.69, 9.17) is 14.2 Å². The molecule has 152 valence electrons. The van der Waals surface area contributed by atoms with Crippen LogP contribution in [0.5, 0.6) is 11.5 Å². The molecule has 3 aromatic carbocycles. The van der Waals surface area contributed by atoms with E-state index in [9.17, 15) is 5.11 Å². The van der Waals surface area contributed by atoms with Crippen molar-refractivity contribution in [2.75, 3.05) is 13.7 Å². The molecule has 3 aromatic rings. The van der Waals surface area contributed by atoms with E-state index in [1.54, 1.807) is 12.1 Å². The van der Waals surface area contributed by atoms with Crippen LogP contribution in [0.25, 0.3) is 0 Å². The predicted molar refractivity (Wildman–Crippen MR) is 113 cm³/mol. The zero-order valence-corrected chi connectivity index (χ0v) is 16.6. The number of aromatic hydroxyl groups is 1. The van der Waals surface area contributed by atoms with E-state index in [1.807, 2.05) is 66.7 Å². The van der Waals surface area contributed by atoms with Crippen molar-refractivity contribution in [1.82, 2.24) is 5.32 Å². The van der Waals surface area contributed by atoms with Gasteiger partial charge in [-0.2, -0.15) is 0 Å². The predicted octanol–water partition coefficient (Wildman–Crippen LogP) is 4.25. The molecule has 0 heterocycles. The summed E-state index contributed by atoms with van der Waals surface area (Å²) in [6, 6.07) is 25.4. The maximum Gasteiger partial charge on any atom is 0.170 e. The lowest BCUT2D eigenvalue weighted by molar-refractivity contribution is -0.153. The van der Waals surface area contributed by atoms with Crippen molar-refractivity contribution < 1.29 is 19.3 Å². The second kappa shape index (κ2) is 11.2. The topological polar surface area (TPSA) is 60.0 Å². The molecule has 0 radical (unpaired) electrons. The number of phenols is 1. The number of hydrogen-bond acceptors (Lipinski definition) is 5. The van der Waals surface area contributed by atoms with Crippen molar-refractivity contribution in [3.05, 3.63) is 95.6 Å². The summed E-state index contributed by atoms with van der Waals surface area (Å²) < 4.78 is 17.1. The SMILES string of the molecule is COc1ccc(CNCC(OCc2ccccc2)OCc2ccccc2)cc1O. The summed E-state index contributed by atoms with van der Waals surface area (Å²) in [5, 5.41) is 13.3. The van der Waals surface area contributed by atoms with E-state index in [1.165, 1.54) is 7.11 Å². The van der Waals surface area contributed by atoms with Crippen LogP contribution in [0.4, 0.5) is 0 Å². The fourth-order valence-corrected chi connectivity index (χ4v) is 2.87. The van der Waals surface area contributed by atoms with E-state index < -0.39 is 6.29 Å². The molecule has 0 aliphatic carbocycles. The van der Waals surface area contributed by atoms with Crippen molar-refractivity contribution in [2.24, 2.45) is 0 Å². The van der Waals surface area contributed by atoms with E-state index in [2.05, 4.69) is 5.32 Å². The van der Waals surface area contributed by atoms with Gasteiger partial charge in [0.05, 0.1) is 20.3 Å². The highest BCUT2D eigenvalue weighted by atomic mass is 16.7. The van der Waals surface area contributed by atoms with Gasteiger partial charge < -0.3 is 24.6 Å². The van der Waals surface area contributed by atoms with Gasteiger partial charge in [0.1, 0.15) is 0 Å². The normalized spacial score (nSPS) is 11.0. The Morgan fingerprint density at radius 3 is 1.90 bits per heavy atom. The summed E-state index contributed by atoms with van der Waals surface area (Å²) >= 11 is 0. The highest BCUT2D eigenvalue weighted by molar-refractivity contribution is 5.41. The average Bonchev–Trinajstić information content (AvgIpc) is 2.77. The second-order valence-electron chi connectivity index (χ2n) is 6.66. The maximum absolute atomic E-state index is 9.92.